The number of esters is 2. The average Bonchev–Trinajstić information content (AvgIpc) is 3.19. The van der Waals surface area contributed by atoms with E-state index >= 15 is 0 Å². The first-order valence-electron chi connectivity index (χ1n) is 11.5. The fraction of sp³-hybridized carbons (Fsp3) is 0.462. The van der Waals surface area contributed by atoms with E-state index < -0.39 is 30.8 Å². The molecule has 3 aliphatic carbocycles. The van der Waals surface area contributed by atoms with E-state index in [9.17, 15) is 19.2 Å². The molecule has 7 heteroatoms. The zero-order valence-electron chi connectivity index (χ0n) is 19.9. The number of rotatable bonds is 5. The van der Waals surface area contributed by atoms with Crippen LogP contribution in [0.1, 0.15) is 42.6 Å². The number of ether oxygens (including phenoxy) is 2. The van der Waals surface area contributed by atoms with Crippen LogP contribution >= 0.6 is 0 Å². The SMILES string of the molecule is CCOC(=O)C1(C(=O)OCC)CC=C2C(=C([Si](C)(C)C)C(=O)C23Cc2ccccc2C3=O)C1. The summed E-state index contributed by atoms with van der Waals surface area (Å²) in [6.45, 7) is 9.82. The van der Waals surface area contributed by atoms with Gasteiger partial charge in [-0.2, -0.15) is 0 Å². The molecule has 1 unspecified atom stereocenters. The standard InChI is InChI=1S/C26H30O6Si/c1-6-31-23(29)25(24(30)32-7-2)13-12-19-18(15-25)20(33(3,4)5)22(28)26(19)14-16-10-8-9-11-17(16)21(26)27/h8-12H,6-7,13-15H2,1-5H3. The Morgan fingerprint density at radius 1 is 0.939 bits per heavy atom. The van der Waals surface area contributed by atoms with Crippen molar-refractivity contribution in [3.8, 4) is 0 Å². The van der Waals surface area contributed by atoms with Crippen LogP contribution in [0, 0.1) is 10.8 Å². The third-order valence-electron chi connectivity index (χ3n) is 7.02. The molecule has 4 rings (SSSR count). The largest absolute Gasteiger partial charge is 0.465 e. The second-order valence-corrected chi connectivity index (χ2v) is 15.0. The summed E-state index contributed by atoms with van der Waals surface area (Å²) in [5.41, 5.74) is -0.0423. The molecule has 1 aromatic carbocycles. The lowest BCUT2D eigenvalue weighted by molar-refractivity contribution is -0.172. The molecule has 0 N–H and O–H groups in total. The molecule has 0 fully saturated rings. The van der Waals surface area contributed by atoms with Crippen molar-refractivity contribution in [1.82, 2.24) is 0 Å². The van der Waals surface area contributed by atoms with Crippen molar-refractivity contribution in [2.24, 2.45) is 10.8 Å². The minimum Gasteiger partial charge on any atom is -0.465 e. The first-order chi connectivity index (χ1) is 15.5. The molecule has 174 valence electrons. The first kappa shape index (κ1) is 23.4. The van der Waals surface area contributed by atoms with Gasteiger partial charge in [0.25, 0.3) is 0 Å². The second-order valence-electron chi connectivity index (χ2n) is 10.0. The van der Waals surface area contributed by atoms with E-state index in [0.29, 0.717) is 28.3 Å². The number of benzene rings is 1. The maximum atomic E-state index is 14.1. The maximum absolute atomic E-state index is 14.1. The lowest BCUT2D eigenvalue weighted by Gasteiger charge is -2.35. The highest BCUT2D eigenvalue weighted by Crippen LogP contribution is 2.58. The van der Waals surface area contributed by atoms with Crippen molar-refractivity contribution in [3.05, 3.63) is 57.8 Å². The fourth-order valence-electron chi connectivity index (χ4n) is 5.62. The summed E-state index contributed by atoms with van der Waals surface area (Å²) in [6, 6.07) is 7.36. The first-order valence-corrected chi connectivity index (χ1v) is 15.0. The Balaban J connectivity index is 1.92. The monoisotopic (exact) mass is 466 g/mol. The molecular formula is C26H30O6Si. The summed E-state index contributed by atoms with van der Waals surface area (Å²) in [4.78, 5) is 54.0. The fourth-order valence-corrected chi connectivity index (χ4v) is 7.64. The van der Waals surface area contributed by atoms with Crippen molar-refractivity contribution in [2.45, 2.75) is 52.8 Å². The van der Waals surface area contributed by atoms with Gasteiger partial charge >= 0.3 is 11.9 Å². The molecule has 0 heterocycles. The van der Waals surface area contributed by atoms with Crippen molar-refractivity contribution < 1.29 is 28.7 Å². The number of fused-ring (bicyclic) bond motifs is 3. The van der Waals surface area contributed by atoms with Gasteiger partial charge in [-0.25, -0.2) is 0 Å². The summed E-state index contributed by atoms with van der Waals surface area (Å²) in [7, 11) is -2.26. The molecule has 3 aliphatic rings. The molecule has 6 nitrogen and oxygen atoms in total. The smallest absolute Gasteiger partial charge is 0.324 e. The van der Waals surface area contributed by atoms with E-state index in [1.807, 2.05) is 18.2 Å². The maximum Gasteiger partial charge on any atom is 0.324 e. The second kappa shape index (κ2) is 7.90. The van der Waals surface area contributed by atoms with E-state index in [2.05, 4.69) is 19.6 Å². The normalized spacial score (nSPS) is 23.4. The van der Waals surface area contributed by atoms with Gasteiger partial charge in [0.05, 0.1) is 21.3 Å². The third-order valence-corrected chi connectivity index (χ3v) is 9.05. The van der Waals surface area contributed by atoms with Gasteiger partial charge in [0, 0.05) is 5.56 Å². The minimum absolute atomic E-state index is 0.0211. The number of carbonyl (C=O) groups is 4. The predicted molar refractivity (Wildman–Crippen MR) is 125 cm³/mol. The summed E-state index contributed by atoms with van der Waals surface area (Å²) in [5.74, 6) is -1.63. The minimum atomic E-state index is -2.26. The summed E-state index contributed by atoms with van der Waals surface area (Å²) < 4.78 is 10.6. The van der Waals surface area contributed by atoms with Crippen molar-refractivity contribution in [2.75, 3.05) is 13.2 Å². The third kappa shape index (κ3) is 3.20. The van der Waals surface area contributed by atoms with Crippen LogP contribution in [0.4, 0.5) is 0 Å². The Labute approximate surface area is 195 Å². The lowest BCUT2D eigenvalue weighted by Crippen LogP contribution is -2.45. The van der Waals surface area contributed by atoms with E-state index in [4.69, 9.17) is 9.47 Å². The van der Waals surface area contributed by atoms with Crippen molar-refractivity contribution >= 4 is 31.6 Å². The Morgan fingerprint density at radius 2 is 1.55 bits per heavy atom. The van der Waals surface area contributed by atoms with Gasteiger partial charge in [-0.15, -0.1) is 0 Å². The van der Waals surface area contributed by atoms with Crippen LogP contribution in [0.25, 0.3) is 0 Å². The molecule has 1 atom stereocenters. The van der Waals surface area contributed by atoms with Gasteiger partial charge in [-0.3, -0.25) is 19.2 Å². The van der Waals surface area contributed by atoms with Gasteiger partial charge in [0.1, 0.15) is 5.41 Å². The highest BCUT2D eigenvalue weighted by Gasteiger charge is 2.64. The van der Waals surface area contributed by atoms with Crippen LogP contribution in [-0.4, -0.2) is 44.8 Å². The molecule has 33 heavy (non-hydrogen) atoms. The van der Waals surface area contributed by atoms with Gasteiger partial charge in [-0.1, -0.05) is 50.0 Å². The number of carbonyl (C=O) groups excluding carboxylic acids is 4. The highest BCUT2D eigenvalue weighted by atomic mass is 28.3. The van der Waals surface area contributed by atoms with Crippen LogP contribution in [0.5, 0.6) is 0 Å². The summed E-state index contributed by atoms with van der Waals surface area (Å²) in [5, 5.41) is 0.646. The van der Waals surface area contributed by atoms with Gasteiger partial charge in [0.2, 0.25) is 0 Å². The van der Waals surface area contributed by atoms with Crippen LogP contribution in [-0.2, 0) is 30.3 Å². The van der Waals surface area contributed by atoms with Crippen LogP contribution < -0.4 is 0 Å². The summed E-state index contributed by atoms with van der Waals surface area (Å²) >= 11 is 0. The Bertz CT molecular complexity index is 1120. The van der Waals surface area contributed by atoms with Gasteiger partial charge in [-0.05, 0) is 55.0 Å². The number of ketones is 2. The molecular weight excluding hydrogens is 436 g/mol. The zero-order chi connectivity index (χ0) is 24.2. The molecule has 0 aromatic heterocycles. The molecule has 1 spiro atoms. The van der Waals surface area contributed by atoms with Crippen LogP contribution in [0.15, 0.2) is 46.7 Å². The lowest BCUT2D eigenvalue weighted by atomic mass is 9.67. The van der Waals surface area contributed by atoms with E-state index in [1.54, 1.807) is 26.0 Å². The van der Waals surface area contributed by atoms with Crippen molar-refractivity contribution in [1.29, 1.82) is 0 Å². The molecule has 0 saturated heterocycles. The Hall–Kier alpha value is -2.80. The van der Waals surface area contributed by atoms with Crippen molar-refractivity contribution in [3.63, 3.8) is 0 Å². The average molecular weight is 467 g/mol. The molecule has 0 bridgehead atoms. The molecule has 0 amide bonds. The molecule has 0 radical (unpaired) electrons. The van der Waals surface area contributed by atoms with E-state index in [-0.39, 0.29) is 37.6 Å². The topological polar surface area (TPSA) is 86.7 Å². The van der Waals surface area contributed by atoms with E-state index in [0.717, 1.165) is 5.56 Å². The molecule has 0 saturated carbocycles. The predicted octanol–water partition coefficient (Wildman–Crippen LogP) is 4.00. The molecule has 1 aromatic rings. The number of allylic oxidation sites excluding steroid dienone is 4. The zero-order valence-corrected chi connectivity index (χ0v) is 20.9. The molecule has 0 aliphatic heterocycles. The number of Topliss-reactive ketones (excluding diaryl/α,β-unsaturated/α-hetero) is 2. The van der Waals surface area contributed by atoms with Gasteiger partial charge in [0.15, 0.2) is 17.0 Å². The number of hydrogen-bond acceptors (Lipinski definition) is 6. The Kier molecular flexibility index (Phi) is 5.59. The van der Waals surface area contributed by atoms with Crippen LogP contribution in [0.3, 0.4) is 0 Å². The highest BCUT2D eigenvalue weighted by molar-refractivity contribution is 6.88. The number of hydrogen-bond donors (Lipinski definition) is 0. The van der Waals surface area contributed by atoms with E-state index in [1.165, 1.54) is 0 Å². The summed E-state index contributed by atoms with van der Waals surface area (Å²) in [6.07, 6.45) is 2.14. The van der Waals surface area contributed by atoms with Gasteiger partial charge < -0.3 is 9.47 Å². The van der Waals surface area contributed by atoms with Crippen LogP contribution in [0.2, 0.25) is 19.6 Å². The quantitative estimate of drug-likeness (QED) is 0.370. The Morgan fingerprint density at radius 3 is 2.09 bits per heavy atom.